The summed E-state index contributed by atoms with van der Waals surface area (Å²) in [6.07, 6.45) is 0.806. The van der Waals surface area contributed by atoms with Crippen molar-refractivity contribution in [3.8, 4) is 0 Å². The number of amides is 3. The van der Waals surface area contributed by atoms with Gasteiger partial charge in [-0.25, -0.2) is 0 Å². The summed E-state index contributed by atoms with van der Waals surface area (Å²) in [4.78, 5) is 37.9. The van der Waals surface area contributed by atoms with Gasteiger partial charge in [0.2, 0.25) is 0 Å². The van der Waals surface area contributed by atoms with Gasteiger partial charge in [-0.3, -0.25) is 19.3 Å². The second-order valence-corrected chi connectivity index (χ2v) is 7.00. The molecule has 1 aliphatic heterocycles. The van der Waals surface area contributed by atoms with E-state index in [-0.39, 0.29) is 29.3 Å². The van der Waals surface area contributed by atoms with Crippen molar-refractivity contribution >= 4 is 17.7 Å². The van der Waals surface area contributed by atoms with Gasteiger partial charge < -0.3 is 5.32 Å². The fourth-order valence-corrected chi connectivity index (χ4v) is 3.18. The van der Waals surface area contributed by atoms with Crippen LogP contribution in [-0.2, 0) is 0 Å². The van der Waals surface area contributed by atoms with Gasteiger partial charge in [0, 0.05) is 12.6 Å². The lowest BCUT2D eigenvalue weighted by Gasteiger charge is -2.21. The lowest BCUT2D eigenvalue weighted by atomic mass is 9.96. The highest BCUT2D eigenvalue weighted by Gasteiger charge is 2.33. The molecule has 3 amide bonds. The predicted molar refractivity (Wildman–Crippen MR) is 99.0 cm³/mol. The molecule has 3 rings (SSSR count). The van der Waals surface area contributed by atoms with Crippen molar-refractivity contribution in [1.29, 1.82) is 0 Å². The molecular weight excluding hydrogens is 328 g/mol. The Morgan fingerprint density at radius 1 is 1.00 bits per heavy atom. The van der Waals surface area contributed by atoms with Gasteiger partial charge in [-0.1, -0.05) is 44.2 Å². The Bertz CT molecular complexity index is 859. The number of imide groups is 1. The number of fused-ring (bicyclic) bond motifs is 1. The number of benzene rings is 2. The quantitative estimate of drug-likeness (QED) is 0.840. The molecule has 0 spiro atoms. The van der Waals surface area contributed by atoms with E-state index in [1.54, 1.807) is 12.1 Å². The molecule has 2 aromatic carbocycles. The SMILES string of the molecule is CC(C)CC(NC(=O)c1ccc2c(c1)C(=O)N(C)C2=O)c1ccccc1. The second-order valence-electron chi connectivity index (χ2n) is 7.00. The predicted octanol–water partition coefficient (Wildman–Crippen LogP) is 3.43. The van der Waals surface area contributed by atoms with Crippen LogP contribution in [0, 0.1) is 5.92 Å². The van der Waals surface area contributed by atoms with Crippen LogP contribution < -0.4 is 5.32 Å². The molecule has 0 saturated carbocycles. The van der Waals surface area contributed by atoms with Crippen molar-refractivity contribution in [2.75, 3.05) is 7.05 Å². The molecule has 0 bridgehead atoms. The highest BCUT2D eigenvalue weighted by atomic mass is 16.2. The zero-order valence-electron chi connectivity index (χ0n) is 15.2. The van der Waals surface area contributed by atoms with Crippen LogP contribution in [-0.4, -0.2) is 29.7 Å². The Labute approximate surface area is 153 Å². The van der Waals surface area contributed by atoms with Crippen LogP contribution in [0.5, 0.6) is 0 Å². The van der Waals surface area contributed by atoms with Crippen molar-refractivity contribution in [2.45, 2.75) is 26.3 Å². The van der Waals surface area contributed by atoms with Crippen LogP contribution in [0.15, 0.2) is 48.5 Å². The Hall–Kier alpha value is -2.95. The van der Waals surface area contributed by atoms with Crippen molar-refractivity contribution < 1.29 is 14.4 Å². The number of nitrogens with one attached hydrogen (secondary N) is 1. The summed E-state index contributed by atoms with van der Waals surface area (Å²) < 4.78 is 0. The van der Waals surface area contributed by atoms with Crippen molar-refractivity contribution in [2.24, 2.45) is 5.92 Å². The third-order valence-electron chi connectivity index (χ3n) is 4.57. The molecule has 1 unspecified atom stereocenters. The largest absolute Gasteiger partial charge is 0.345 e. The number of carbonyl (C=O) groups excluding carboxylic acids is 3. The first kappa shape index (κ1) is 17.9. The minimum absolute atomic E-state index is 0.114. The number of hydrogen-bond acceptors (Lipinski definition) is 3. The Morgan fingerprint density at radius 3 is 2.31 bits per heavy atom. The first-order chi connectivity index (χ1) is 12.4. The zero-order valence-corrected chi connectivity index (χ0v) is 15.2. The number of hydrogen-bond donors (Lipinski definition) is 1. The van der Waals surface area contributed by atoms with E-state index >= 15 is 0 Å². The third-order valence-corrected chi connectivity index (χ3v) is 4.57. The lowest BCUT2D eigenvalue weighted by molar-refractivity contribution is 0.0693. The van der Waals surface area contributed by atoms with Gasteiger partial charge >= 0.3 is 0 Å². The fourth-order valence-electron chi connectivity index (χ4n) is 3.18. The number of carbonyl (C=O) groups is 3. The van der Waals surface area contributed by atoms with E-state index < -0.39 is 0 Å². The van der Waals surface area contributed by atoms with Gasteiger partial charge in [0.25, 0.3) is 17.7 Å². The van der Waals surface area contributed by atoms with Gasteiger partial charge in [0.1, 0.15) is 0 Å². The maximum Gasteiger partial charge on any atom is 0.261 e. The molecule has 1 aliphatic rings. The molecule has 5 heteroatoms. The highest BCUT2D eigenvalue weighted by molar-refractivity contribution is 6.21. The molecule has 1 N–H and O–H groups in total. The fraction of sp³-hybridized carbons (Fsp3) is 0.286. The van der Waals surface area contributed by atoms with Crippen LogP contribution in [0.1, 0.15) is 62.9 Å². The molecule has 0 aromatic heterocycles. The van der Waals surface area contributed by atoms with Gasteiger partial charge in [-0.15, -0.1) is 0 Å². The maximum atomic E-state index is 12.8. The molecule has 5 nitrogen and oxygen atoms in total. The van der Waals surface area contributed by atoms with Crippen molar-refractivity contribution in [1.82, 2.24) is 10.2 Å². The van der Waals surface area contributed by atoms with Crippen LogP contribution in [0.3, 0.4) is 0 Å². The van der Waals surface area contributed by atoms with Crippen molar-refractivity contribution in [3.05, 3.63) is 70.8 Å². The summed E-state index contributed by atoms with van der Waals surface area (Å²) in [6, 6.07) is 14.4. The van der Waals surface area contributed by atoms with Crippen LogP contribution in [0.25, 0.3) is 0 Å². The van der Waals surface area contributed by atoms with E-state index in [0.717, 1.165) is 16.9 Å². The van der Waals surface area contributed by atoms with Crippen LogP contribution in [0.4, 0.5) is 0 Å². The Kier molecular flexibility index (Phi) is 4.89. The molecule has 0 aliphatic carbocycles. The molecule has 134 valence electrons. The molecule has 0 fully saturated rings. The minimum Gasteiger partial charge on any atom is -0.345 e. The number of rotatable bonds is 5. The van der Waals surface area contributed by atoms with Gasteiger partial charge in [-0.05, 0) is 36.1 Å². The Morgan fingerprint density at radius 2 is 1.65 bits per heavy atom. The molecule has 0 radical (unpaired) electrons. The summed E-state index contributed by atoms with van der Waals surface area (Å²) in [5.41, 5.74) is 2.05. The summed E-state index contributed by atoms with van der Waals surface area (Å²) in [7, 11) is 1.44. The average Bonchev–Trinajstić information content (AvgIpc) is 2.85. The lowest BCUT2D eigenvalue weighted by Crippen LogP contribution is -2.29. The Balaban J connectivity index is 1.85. The highest BCUT2D eigenvalue weighted by Crippen LogP contribution is 2.25. The smallest absolute Gasteiger partial charge is 0.261 e. The van der Waals surface area contributed by atoms with Crippen LogP contribution >= 0.6 is 0 Å². The molecule has 1 heterocycles. The van der Waals surface area contributed by atoms with E-state index in [1.165, 1.54) is 13.1 Å². The van der Waals surface area contributed by atoms with E-state index in [4.69, 9.17) is 0 Å². The molecule has 2 aromatic rings. The van der Waals surface area contributed by atoms with Gasteiger partial charge in [0.15, 0.2) is 0 Å². The first-order valence-corrected chi connectivity index (χ1v) is 8.70. The van der Waals surface area contributed by atoms with E-state index in [2.05, 4.69) is 19.2 Å². The van der Waals surface area contributed by atoms with E-state index in [1.807, 2.05) is 30.3 Å². The van der Waals surface area contributed by atoms with Gasteiger partial charge in [-0.2, -0.15) is 0 Å². The molecular formula is C21H22N2O3. The summed E-state index contributed by atoms with van der Waals surface area (Å²) in [6.45, 7) is 4.22. The van der Waals surface area contributed by atoms with Crippen molar-refractivity contribution in [3.63, 3.8) is 0 Å². The monoisotopic (exact) mass is 350 g/mol. The average molecular weight is 350 g/mol. The van der Waals surface area contributed by atoms with Crippen LogP contribution in [0.2, 0.25) is 0 Å². The molecule has 1 atom stereocenters. The van der Waals surface area contributed by atoms with E-state index in [9.17, 15) is 14.4 Å². The normalized spacial score (nSPS) is 14.5. The molecule has 26 heavy (non-hydrogen) atoms. The summed E-state index contributed by atoms with van der Waals surface area (Å²) in [5.74, 6) is -0.550. The summed E-state index contributed by atoms with van der Waals surface area (Å²) >= 11 is 0. The zero-order chi connectivity index (χ0) is 18.8. The third kappa shape index (κ3) is 3.38. The summed E-state index contributed by atoms with van der Waals surface area (Å²) in [5, 5.41) is 3.06. The van der Waals surface area contributed by atoms with Gasteiger partial charge in [0.05, 0.1) is 17.2 Å². The topological polar surface area (TPSA) is 66.5 Å². The molecule has 0 saturated heterocycles. The second kappa shape index (κ2) is 7.12. The maximum absolute atomic E-state index is 12.8. The number of nitrogens with zero attached hydrogens (tertiary/aromatic N) is 1. The standard InChI is InChI=1S/C21H22N2O3/c1-13(2)11-18(14-7-5-4-6-8-14)22-19(24)15-9-10-16-17(12-15)21(26)23(3)20(16)25/h4-10,12-13,18H,11H2,1-3H3,(H,22,24). The van der Waals surface area contributed by atoms with E-state index in [0.29, 0.717) is 17.0 Å². The minimum atomic E-state index is -0.374. The first-order valence-electron chi connectivity index (χ1n) is 8.70.